The molecule has 0 heterocycles. The second-order valence-electron chi connectivity index (χ2n) is 4.17. The van der Waals surface area contributed by atoms with Crippen molar-refractivity contribution < 1.29 is 9.90 Å². The van der Waals surface area contributed by atoms with Gasteiger partial charge in [0.2, 0.25) is 5.91 Å². The van der Waals surface area contributed by atoms with Crippen molar-refractivity contribution in [3.05, 3.63) is 48.0 Å². The van der Waals surface area contributed by atoms with Crippen LogP contribution >= 0.6 is 0 Å². The average Bonchev–Trinajstić information content (AvgIpc) is 2.34. The zero-order chi connectivity index (χ0) is 12.7. The predicted octanol–water partition coefficient (Wildman–Crippen LogP) is 2.19. The average molecular weight is 233 g/mol. The summed E-state index contributed by atoms with van der Waals surface area (Å²) >= 11 is 0. The molecule has 1 atom stereocenters. The van der Waals surface area contributed by atoms with Crippen molar-refractivity contribution in [2.75, 3.05) is 6.61 Å². The maximum atomic E-state index is 11.6. The van der Waals surface area contributed by atoms with Crippen molar-refractivity contribution in [3.8, 4) is 0 Å². The second kappa shape index (κ2) is 6.86. The van der Waals surface area contributed by atoms with Crippen molar-refractivity contribution in [3.63, 3.8) is 0 Å². The zero-order valence-electron chi connectivity index (χ0n) is 10.1. The summed E-state index contributed by atoms with van der Waals surface area (Å²) in [7, 11) is 0. The Labute approximate surface area is 102 Å². The number of nitrogens with one attached hydrogen (secondary N) is 1. The second-order valence-corrected chi connectivity index (χ2v) is 4.17. The highest BCUT2D eigenvalue weighted by Crippen LogP contribution is 2.12. The summed E-state index contributed by atoms with van der Waals surface area (Å²) in [6.45, 7) is 5.56. The van der Waals surface area contributed by atoms with E-state index in [0.717, 1.165) is 11.1 Å². The molecule has 3 heteroatoms. The monoisotopic (exact) mass is 233 g/mol. The van der Waals surface area contributed by atoms with Gasteiger partial charge in [0.05, 0.1) is 12.6 Å². The van der Waals surface area contributed by atoms with Gasteiger partial charge in [-0.15, -0.1) is 6.58 Å². The van der Waals surface area contributed by atoms with Crippen LogP contribution in [0.25, 0.3) is 0 Å². The van der Waals surface area contributed by atoms with Gasteiger partial charge >= 0.3 is 0 Å². The molecule has 0 radical (unpaired) electrons. The highest BCUT2D eigenvalue weighted by atomic mass is 16.3. The molecule has 0 bridgehead atoms. The Morgan fingerprint density at radius 1 is 1.35 bits per heavy atom. The van der Waals surface area contributed by atoms with Gasteiger partial charge in [-0.25, -0.2) is 0 Å². The third kappa shape index (κ3) is 4.83. The molecule has 0 aliphatic rings. The van der Waals surface area contributed by atoms with Crippen LogP contribution in [-0.4, -0.2) is 17.6 Å². The topological polar surface area (TPSA) is 49.3 Å². The predicted molar refractivity (Wildman–Crippen MR) is 68.5 cm³/mol. The molecule has 0 spiro atoms. The van der Waals surface area contributed by atoms with Crippen LogP contribution in [0, 0.1) is 0 Å². The van der Waals surface area contributed by atoms with E-state index in [2.05, 4.69) is 11.9 Å². The summed E-state index contributed by atoms with van der Waals surface area (Å²) in [6.07, 6.45) is 1.09. The zero-order valence-corrected chi connectivity index (χ0v) is 10.1. The van der Waals surface area contributed by atoms with E-state index in [1.807, 2.05) is 37.3 Å². The first-order valence-corrected chi connectivity index (χ1v) is 5.73. The Morgan fingerprint density at radius 2 is 2.00 bits per heavy atom. The van der Waals surface area contributed by atoms with Gasteiger partial charge in [-0.3, -0.25) is 4.79 Å². The maximum Gasteiger partial charge on any atom is 0.220 e. The maximum absolute atomic E-state index is 11.6. The summed E-state index contributed by atoms with van der Waals surface area (Å²) in [5, 5.41) is 12.1. The number of aliphatic hydroxyl groups is 1. The van der Waals surface area contributed by atoms with Gasteiger partial charge in [0.25, 0.3) is 0 Å². The Kier molecular flexibility index (Phi) is 5.43. The molecule has 1 aromatic rings. The van der Waals surface area contributed by atoms with Gasteiger partial charge < -0.3 is 10.4 Å². The SMILES string of the molecule is C=C(C)CCC(=O)N[C@@H](CO)c1ccccc1. The normalized spacial score (nSPS) is 11.9. The van der Waals surface area contributed by atoms with Gasteiger partial charge in [-0.05, 0) is 18.9 Å². The fourth-order valence-corrected chi connectivity index (χ4v) is 1.51. The lowest BCUT2D eigenvalue weighted by atomic mass is 10.1. The van der Waals surface area contributed by atoms with Gasteiger partial charge in [-0.1, -0.05) is 35.9 Å². The molecule has 3 nitrogen and oxygen atoms in total. The summed E-state index contributed by atoms with van der Waals surface area (Å²) in [6, 6.07) is 9.13. The number of carbonyl (C=O) groups excluding carboxylic acids is 1. The number of rotatable bonds is 6. The standard InChI is InChI=1S/C14H19NO2/c1-11(2)8-9-14(17)15-13(10-16)12-6-4-3-5-7-12/h3-7,13,16H,1,8-10H2,2H3,(H,15,17)/t13-/m0/s1. The summed E-state index contributed by atoms with van der Waals surface area (Å²) in [4.78, 5) is 11.6. The van der Waals surface area contributed by atoms with Crippen LogP contribution in [0.3, 0.4) is 0 Å². The minimum Gasteiger partial charge on any atom is -0.394 e. The van der Waals surface area contributed by atoms with Crippen molar-refractivity contribution in [2.45, 2.75) is 25.8 Å². The molecule has 0 aliphatic carbocycles. The highest BCUT2D eigenvalue weighted by molar-refractivity contribution is 5.76. The molecule has 0 aromatic heterocycles. The van der Waals surface area contributed by atoms with Crippen molar-refractivity contribution in [2.24, 2.45) is 0 Å². The number of hydrogen-bond acceptors (Lipinski definition) is 2. The Morgan fingerprint density at radius 3 is 2.53 bits per heavy atom. The third-order valence-corrected chi connectivity index (χ3v) is 2.50. The van der Waals surface area contributed by atoms with Crippen LogP contribution in [0.15, 0.2) is 42.5 Å². The molecule has 0 aliphatic heterocycles. The van der Waals surface area contributed by atoms with Crippen molar-refractivity contribution in [1.82, 2.24) is 5.32 Å². The van der Waals surface area contributed by atoms with E-state index in [9.17, 15) is 9.90 Å². The van der Waals surface area contributed by atoms with Gasteiger partial charge in [0.1, 0.15) is 0 Å². The number of allylic oxidation sites excluding steroid dienone is 1. The Balaban J connectivity index is 2.53. The first kappa shape index (κ1) is 13.5. The van der Waals surface area contributed by atoms with E-state index in [1.165, 1.54) is 0 Å². The number of benzene rings is 1. The van der Waals surface area contributed by atoms with Crippen LogP contribution in [0.5, 0.6) is 0 Å². The third-order valence-electron chi connectivity index (χ3n) is 2.50. The molecular weight excluding hydrogens is 214 g/mol. The van der Waals surface area contributed by atoms with E-state index in [4.69, 9.17) is 0 Å². The molecule has 0 fully saturated rings. The molecule has 0 unspecified atom stereocenters. The van der Waals surface area contributed by atoms with Gasteiger partial charge in [-0.2, -0.15) is 0 Å². The fraction of sp³-hybridized carbons (Fsp3) is 0.357. The van der Waals surface area contributed by atoms with Crippen LogP contribution in [0.2, 0.25) is 0 Å². The Bertz CT molecular complexity index is 373. The van der Waals surface area contributed by atoms with Crippen LogP contribution in [-0.2, 0) is 4.79 Å². The van der Waals surface area contributed by atoms with Crippen LogP contribution in [0.1, 0.15) is 31.4 Å². The molecule has 0 saturated heterocycles. The number of amides is 1. The molecule has 1 aromatic carbocycles. The molecule has 17 heavy (non-hydrogen) atoms. The molecule has 1 rings (SSSR count). The molecule has 2 N–H and O–H groups in total. The van der Waals surface area contributed by atoms with Crippen molar-refractivity contribution >= 4 is 5.91 Å². The minimum atomic E-state index is -0.325. The quantitative estimate of drug-likeness (QED) is 0.740. The summed E-state index contributed by atoms with van der Waals surface area (Å²) < 4.78 is 0. The first-order chi connectivity index (χ1) is 8.13. The number of aliphatic hydroxyl groups excluding tert-OH is 1. The largest absolute Gasteiger partial charge is 0.394 e. The summed E-state index contributed by atoms with van der Waals surface area (Å²) in [5.74, 6) is -0.0593. The van der Waals surface area contributed by atoms with Crippen molar-refractivity contribution in [1.29, 1.82) is 0 Å². The van der Waals surface area contributed by atoms with Crippen LogP contribution < -0.4 is 5.32 Å². The number of hydrogen-bond donors (Lipinski definition) is 2. The molecule has 1 amide bonds. The highest BCUT2D eigenvalue weighted by Gasteiger charge is 2.12. The van der Waals surface area contributed by atoms with E-state index in [1.54, 1.807) is 0 Å². The van der Waals surface area contributed by atoms with E-state index >= 15 is 0 Å². The lowest BCUT2D eigenvalue weighted by Crippen LogP contribution is -2.30. The number of carbonyl (C=O) groups is 1. The van der Waals surface area contributed by atoms with Crippen LogP contribution in [0.4, 0.5) is 0 Å². The first-order valence-electron chi connectivity index (χ1n) is 5.73. The molecular formula is C14H19NO2. The van der Waals surface area contributed by atoms with E-state index in [0.29, 0.717) is 12.8 Å². The Hall–Kier alpha value is -1.61. The minimum absolute atomic E-state index is 0.0593. The lowest BCUT2D eigenvalue weighted by Gasteiger charge is -2.16. The van der Waals surface area contributed by atoms with E-state index in [-0.39, 0.29) is 18.6 Å². The summed E-state index contributed by atoms with van der Waals surface area (Å²) in [5.41, 5.74) is 1.90. The van der Waals surface area contributed by atoms with E-state index < -0.39 is 0 Å². The van der Waals surface area contributed by atoms with Gasteiger partial charge in [0, 0.05) is 6.42 Å². The molecule has 0 saturated carbocycles. The fourth-order valence-electron chi connectivity index (χ4n) is 1.51. The smallest absolute Gasteiger partial charge is 0.220 e. The molecule has 92 valence electrons. The lowest BCUT2D eigenvalue weighted by molar-refractivity contribution is -0.122. The van der Waals surface area contributed by atoms with Gasteiger partial charge in [0.15, 0.2) is 0 Å².